The predicted molar refractivity (Wildman–Crippen MR) is 95.6 cm³/mol. The summed E-state index contributed by atoms with van der Waals surface area (Å²) < 4.78 is 11.1. The monoisotopic (exact) mass is 356 g/mol. The Morgan fingerprint density at radius 3 is 2.80 bits per heavy atom. The van der Waals surface area contributed by atoms with Gasteiger partial charge in [-0.15, -0.1) is 11.8 Å². The van der Waals surface area contributed by atoms with Gasteiger partial charge in [-0.05, 0) is 30.3 Å². The fraction of sp³-hybridized carbons (Fsp3) is 0.222. The van der Waals surface area contributed by atoms with E-state index in [1.54, 1.807) is 6.07 Å². The molecule has 128 valence electrons. The molecule has 0 saturated heterocycles. The number of thioether (sulfide) groups is 1. The van der Waals surface area contributed by atoms with Gasteiger partial charge in [-0.25, -0.2) is 0 Å². The fourth-order valence-electron chi connectivity index (χ4n) is 2.79. The van der Waals surface area contributed by atoms with Crippen molar-refractivity contribution in [1.82, 2.24) is 0 Å². The first-order chi connectivity index (χ1) is 12.2. The number of nitrogens with one attached hydrogen (secondary N) is 1. The van der Waals surface area contributed by atoms with Crippen molar-refractivity contribution in [3.8, 4) is 11.5 Å². The van der Waals surface area contributed by atoms with E-state index in [2.05, 4.69) is 5.32 Å². The molecule has 0 atom stereocenters. The Bertz CT molecular complexity index is 840. The number of rotatable bonds is 3. The standard InChI is InChI=1S/C18H16N2O4S/c21-17-10-20(14-4-2-1-3-13(14)19-17)18(22)11-25-12-5-6-15-16(9-12)24-8-7-23-15/h1-6,9H,7-8,10-11H2,(H,19,21). The summed E-state index contributed by atoms with van der Waals surface area (Å²) in [5.41, 5.74) is 1.39. The third kappa shape index (κ3) is 3.28. The Morgan fingerprint density at radius 2 is 1.92 bits per heavy atom. The van der Waals surface area contributed by atoms with Crippen LogP contribution in [0.4, 0.5) is 11.4 Å². The van der Waals surface area contributed by atoms with E-state index in [-0.39, 0.29) is 24.1 Å². The maximum absolute atomic E-state index is 12.6. The van der Waals surface area contributed by atoms with Crippen LogP contribution in [0.2, 0.25) is 0 Å². The number of benzene rings is 2. The van der Waals surface area contributed by atoms with E-state index >= 15 is 0 Å². The van der Waals surface area contributed by atoms with Crippen molar-refractivity contribution in [2.24, 2.45) is 0 Å². The minimum atomic E-state index is -0.184. The van der Waals surface area contributed by atoms with E-state index in [1.807, 2.05) is 36.4 Å². The lowest BCUT2D eigenvalue weighted by atomic mass is 10.2. The zero-order valence-corrected chi connectivity index (χ0v) is 14.2. The highest BCUT2D eigenvalue weighted by Crippen LogP contribution is 2.35. The molecular formula is C18H16N2O4S. The highest BCUT2D eigenvalue weighted by molar-refractivity contribution is 8.00. The lowest BCUT2D eigenvalue weighted by molar-refractivity contribution is -0.120. The maximum atomic E-state index is 12.6. The van der Waals surface area contributed by atoms with Crippen LogP contribution in [0.1, 0.15) is 0 Å². The van der Waals surface area contributed by atoms with E-state index in [9.17, 15) is 9.59 Å². The highest BCUT2D eigenvalue weighted by Gasteiger charge is 2.26. The van der Waals surface area contributed by atoms with Crippen molar-refractivity contribution in [2.75, 3.05) is 35.7 Å². The van der Waals surface area contributed by atoms with Crippen molar-refractivity contribution in [2.45, 2.75) is 4.90 Å². The van der Waals surface area contributed by atoms with Crippen LogP contribution in [-0.2, 0) is 9.59 Å². The molecule has 2 amide bonds. The SMILES string of the molecule is O=C1CN(C(=O)CSc2ccc3c(c2)OCCO3)c2ccccc2N1. The Kier molecular flexibility index (Phi) is 4.23. The van der Waals surface area contributed by atoms with Crippen molar-refractivity contribution in [1.29, 1.82) is 0 Å². The summed E-state index contributed by atoms with van der Waals surface area (Å²) in [6.07, 6.45) is 0. The number of anilines is 2. The van der Waals surface area contributed by atoms with Crippen molar-refractivity contribution in [3.05, 3.63) is 42.5 Å². The molecular weight excluding hydrogens is 340 g/mol. The second kappa shape index (κ2) is 6.68. The van der Waals surface area contributed by atoms with Crippen LogP contribution in [0.3, 0.4) is 0 Å². The number of para-hydroxylation sites is 2. The minimum Gasteiger partial charge on any atom is -0.486 e. The quantitative estimate of drug-likeness (QED) is 0.856. The molecule has 0 spiro atoms. The van der Waals surface area contributed by atoms with Gasteiger partial charge in [0.05, 0.1) is 17.1 Å². The van der Waals surface area contributed by atoms with Crippen molar-refractivity contribution in [3.63, 3.8) is 0 Å². The van der Waals surface area contributed by atoms with E-state index < -0.39 is 0 Å². The Morgan fingerprint density at radius 1 is 1.12 bits per heavy atom. The summed E-state index contributed by atoms with van der Waals surface area (Å²) in [6.45, 7) is 1.12. The molecule has 2 aromatic rings. The van der Waals surface area contributed by atoms with Gasteiger partial charge in [0.2, 0.25) is 11.8 Å². The molecule has 0 unspecified atom stereocenters. The van der Waals surface area contributed by atoms with Crippen LogP contribution in [-0.4, -0.2) is 37.3 Å². The van der Waals surface area contributed by atoms with E-state index in [0.29, 0.717) is 24.7 Å². The fourth-order valence-corrected chi connectivity index (χ4v) is 3.59. The third-order valence-electron chi connectivity index (χ3n) is 3.95. The number of fused-ring (bicyclic) bond motifs is 2. The maximum Gasteiger partial charge on any atom is 0.244 e. The van der Waals surface area contributed by atoms with Gasteiger partial charge < -0.3 is 19.7 Å². The van der Waals surface area contributed by atoms with Gasteiger partial charge in [0, 0.05) is 4.90 Å². The molecule has 0 aromatic heterocycles. The zero-order chi connectivity index (χ0) is 17.2. The number of nitrogens with zero attached hydrogens (tertiary/aromatic N) is 1. The molecule has 0 bridgehead atoms. The molecule has 2 aromatic carbocycles. The summed E-state index contributed by atoms with van der Waals surface area (Å²) in [7, 11) is 0. The number of ether oxygens (including phenoxy) is 2. The van der Waals surface area contributed by atoms with Crippen LogP contribution in [0.5, 0.6) is 11.5 Å². The van der Waals surface area contributed by atoms with Gasteiger partial charge in [0.1, 0.15) is 19.8 Å². The van der Waals surface area contributed by atoms with Crippen LogP contribution in [0, 0.1) is 0 Å². The first-order valence-electron chi connectivity index (χ1n) is 7.92. The molecule has 2 heterocycles. The van der Waals surface area contributed by atoms with Crippen LogP contribution < -0.4 is 19.7 Å². The van der Waals surface area contributed by atoms with Gasteiger partial charge in [-0.1, -0.05) is 12.1 Å². The smallest absolute Gasteiger partial charge is 0.244 e. The molecule has 0 fully saturated rings. The minimum absolute atomic E-state index is 0.0392. The Hall–Kier alpha value is -2.67. The van der Waals surface area contributed by atoms with Crippen LogP contribution >= 0.6 is 11.8 Å². The average molecular weight is 356 g/mol. The number of amides is 2. The Balaban J connectivity index is 1.47. The van der Waals surface area contributed by atoms with Gasteiger partial charge in [-0.2, -0.15) is 0 Å². The summed E-state index contributed by atoms with van der Waals surface area (Å²) in [4.78, 5) is 26.9. The van der Waals surface area contributed by atoms with Crippen LogP contribution in [0.25, 0.3) is 0 Å². The molecule has 0 radical (unpaired) electrons. The number of carbonyl (C=O) groups excluding carboxylic acids is 2. The molecule has 25 heavy (non-hydrogen) atoms. The molecule has 4 rings (SSSR count). The summed E-state index contributed by atoms with van der Waals surface area (Å²) in [5, 5.41) is 2.78. The zero-order valence-electron chi connectivity index (χ0n) is 13.4. The number of hydrogen-bond donors (Lipinski definition) is 1. The second-order valence-corrected chi connectivity index (χ2v) is 6.69. The summed E-state index contributed by atoms with van der Waals surface area (Å²) in [6, 6.07) is 12.9. The second-order valence-electron chi connectivity index (χ2n) is 5.64. The first-order valence-corrected chi connectivity index (χ1v) is 8.91. The molecule has 2 aliphatic heterocycles. The number of carbonyl (C=O) groups is 2. The summed E-state index contributed by atoms with van der Waals surface area (Å²) in [5.74, 6) is 1.37. The molecule has 0 saturated carbocycles. The van der Waals surface area contributed by atoms with Crippen LogP contribution in [0.15, 0.2) is 47.4 Å². The summed E-state index contributed by atoms with van der Waals surface area (Å²) >= 11 is 1.41. The van der Waals surface area contributed by atoms with Gasteiger partial charge in [-0.3, -0.25) is 9.59 Å². The molecule has 7 heteroatoms. The molecule has 0 aliphatic carbocycles. The van der Waals surface area contributed by atoms with E-state index in [0.717, 1.165) is 16.3 Å². The topological polar surface area (TPSA) is 67.9 Å². The van der Waals surface area contributed by atoms with E-state index in [4.69, 9.17) is 9.47 Å². The predicted octanol–water partition coefficient (Wildman–Crippen LogP) is 2.54. The normalized spacial score (nSPS) is 15.4. The largest absolute Gasteiger partial charge is 0.486 e. The molecule has 6 nitrogen and oxygen atoms in total. The lowest BCUT2D eigenvalue weighted by Gasteiger charge is -2.29. The number of hydrogen-bond acceptors (Lipinski definition) is 5. The van der Waals surface area contributed by atoms with Gasteiger partial charge in [0.15, 0.2) is 11.5 Å². The van der Waals surface area contributed by atoms with E-state index in [1.165, 1.54) is 16.7 Å². The van der Waals surface area contributed by atoms with Gasteiger partial charge >= 0.3 is 0 Å². The average Bonchev–Trinajstić information content (AvgIpc) is 2.65. The third-order valence-corrected chi connectivity index (χ3v) is 4.93. The van der Waals surface area contributed by atoms with Crippen molar-refractivity contribution < 1.29 is 19.1 Å². The van der Waals surface area contributed by atoms with Gasteiger partial charge in [0.25, 0.3) is 0 Å². The van der Waals surface area contributed by atoms with Crippen molar-refractivity contribution >= 4 is 35.0 Å². The lowest BCUT2D eigenvalue weighted by Crippen LogP contribution is -2.43. The molecule has 1 N–H and O–H groups in total. The molecule has 2 aliphatic rings. The Labute approximate surface area is 149 Å². The first kappa shape index (κ1) is 15.8. The highest BCUT2D eigenvalue weighted by atomic mass is 32.2.